The van der Waals surface area contributed by atoms with E-state index in [1.54, 1.807) is 31.2 Å². The Morgan fingerprint density at radius 3 is 2.48 bits per heavy atom. The predicted molar refractivity (Wildman–Crippen MR) is 94.2 cm³/mol. The molecule has 7 heteroatoms. The highest BCUT2D eigenvalue weighted by molar-refractivity contribution is 5.93. The van der Waals surface area contributed by atoms with Gasteiger partial charge in [-0.25, -0.2) is 0 Å². The van der Waals surface area contributed by atoms with Crippen molar-refractivity contribution in [1.82, 2.24) is 0 Å². The number of nitrogens with one attached hydrogen (secondary N) is 1. The van der Waals surface area contributed by atoms with Gasteiger partial charge in [-0.15, -0.1) is 0 Å². The number of anilines is 1. The molecule has 0 aliphatic carbocycles. The van der Waals surface area contributed by atoms with Crippen LogP contribution in [-0.2, 0) is 4.79 Å². The Morgan fingerprint density at radius 2 is 1.84 bits per heavy atom. The van der Waals surface area contributed by atoms with Crippen molar-refractivity contribution < 1.29 is 19.2 Å². The Labute approximate surface area is 145 Å². The lowest BCUT2D eigenvalue weighted by Crippen LogP contribution is -2.21. The molecule has 2 rings (SSSR count). The van der Waals surface area contributed by atoms with Gasteiger partial charge in [0.05, 0.1) is 17.2 Å². The van der Waals surface area contributed by atoms with Gasteiger partial charge >= 0.3 is 0 Å². The number of carbonyl (C=O) groups is 1. The number of nitrogens with zero attached hydrogens (tertiary/aromatic N) is 1. The first kappa shape index (κ1) is 18.3. The zero-order valence-corrected chi connectivity index (χ0v) is 14.2. The Morgan fingerprint density at radius 1 is 1.16 bits per heavy atom. The van der Waals surface area contributed by atoms with E-state index in [9.17, 15) is 14.9 Å². The van der Waals surface area contributed by atoms with Gasteiger partial charge in [-0.05, 0) is 31.0 Å². The standard InChI is InChI=1S/C18H20N2O5/c1-3-10-24-16-6-4-5-7-17(16)25-12-18(21)19-15-11-14(20(22)23)9-8-13(15)2/h4-9,11H,3,10,12H2,1-2H3,(H,19,21). The molecule has 25 heavy (non-hydrogen) atoms. The molecule has 0 bridgehead atoms. The molecule has 0 heterocycles. The molecule has 0 atom stereocenters. The maximum atomic E-state index is 12.1. The Kier molecular flexibility index (Phi) is 6.33. The zero-order valence-electron chi connectivity index (χ0n) is 14.2. The number of nitro groups is 1. The summed E-state index contributed by atoms with van der Waals surface area (Å²) in [6.07, 6.45) is 0.862. The fraction of sp³-hybridized carbons (Fsp3) is 0.278. The molecule has 0 saturated heterocycles. The number of amides is 1. The number of ether oxygens (including phenoxy) is 2. The van der Waals surface area contributed by atoms with Crippen LogP contribution in [0.5, 0.6) is 11.5 Å². The van der Waals surface area contributed by atoms with Gasteiger partial charge in [0.15, 0.2) is 18.1 Å². The largest absolute Gasteiger partial charge is 0.490 e. The third-order valence-electron chi connectivity index (χ3n) is 3.38. The molecule has 7 nitrogen and oxygen atoms in total. The highest BCUT2D eigenvalue weighted by Gasteiger charge is 2.12. The molecule has 0 fully saturated rings. The van der Waals surface area contributed by atoms with Crippen LogP contribution >= 0.6 is 0 Å². The molecule has 0 saturated carbocycles. The number of carbonyl (C=O) groups excluding carboxylic acids is 1. The van der Waals surface area contributed by atoms with Gasteiger partial charge in [0.25, 0.3) is 11.6 Å². The van der Waals surface area contributed by atoms with Gasteiger partial charge < -0.3 is 14.8 Å². The van der Waals surface area contributed by atoms with Gasteiger partial charge in [0.1, 0.15) is 0 Å². The summed E-state index contributed by atoms with van der Waals surface area (Å²) >= 11 is 0. The number of hydrogen-bond acceptors (Lipinski definition) is 5. The minimum absolute atomic E-state index is 0.0832. The maximum absolute atomic E-state index is 12.1. The van der Waals surface area contributed by atoms with Crippen LogP contribution in [0.15, 0.2) is 42.5 Å². The van der Waals surface area contributed by atoms with Crippen LogP contribution in [0.3, 0.4) is 0 Å². The number of para-hydroxylation sites is 2. The van der Waals surface area contributed by atoms with Crippen molar-refractivity contribution in [3.63, 3.8) is 0 Å². The first-order valence-corrected chi connectivity index (χ1v) is 7.90. The lowest BCUT2D eigenvalue weighted by Gasteiger charge is -2.12. The highest BCUT2D eigenvalue weighted by atomic mass is 16.6. The maximum Gasteiger partial charge on any atom is 0.271 e. The van der Waals surface area contributed by atoms with Crippen molar-refractivity contribution in [1.29, 1.82) is 0 Å². The van der Waals surface area contributed by atoms with E-state index in [4.69, 9.17) is 9.47 Å². The second kappa shape index (κ2) is 8.68. The minimum Gasteiger partial charge on any atom is -0.490 e. The van der Waals surface area contributed by atoms with Crippen LogP contribution in [0, 0.1) is 17.0 Å². The molecule has 0 radical (unpaired) electrons. The van der Waals surface area contributed by atoms with Crippen molar-refractivity contribution in [3.8, 4) is 11.5 Å². The molecule has 1 amide bonds. The van der Waals surface area contributed by atoms with E-state index < -0.39 is 10.8 Å². The summed E-state index contributed by atoms with van der Waals surface area (Å²) in [5.74, 6) is 0.638. The molecule has 0 aliphatic rings. The Hall–Kier alpha value is -3.09. The van der Waals surface area contributed by atoms with Crippen LogP contribution in [0.1, 0.15) is 18.9 Å². The number of hydrogen-bond donors (Lipinski definition) is 1. The molecule has 2 aromatic rings. The summed E-state index contributed by atoms with van der Waals surface area (Å²) in [5.41, 5.74) is 1.03. The van der Waals surface area contributed by atoms with Crippen molar-refractivity contribution in [2.75, 3.05) is 18.5 Å². The van der Waals surface area contributed by atoms with Gasteiger partial charge in [0.2, 0.25) is 0 Å². The topological polar surface area (TPSA) is 90.7 Å². The third kappa shape index (κ3) is 5.20. The lowest BCUT2D eigenvalue weighted by atomic mass is 10.2. The smallest absolute Gasteiger partial charge is 0.271 e. The van der Waals surface area contributed by atoms with E-state index in [1.807, 2.05) is 13.0 Å². The molecule has 2 aromatic carbocycles. The van der Waals surface area contributed by atoms with E-state index in [0.717, 1.165) is 12.0 Å². The summed E-state index contributed by atoms with van der Waals surface area (Å²) in [4.78, 5) is 22.4. The molecular weight excluding hydrogens is 324 g/mol. The number of benzene rings is 2. The van der Waals surface area contributed by atoms with Crippen LogP contribution in [0.4, 0.5) is 11.4 Å². The van der Waals surface area contributed by atoms with Crippen molar-refractivity contribution in [2.24, 2.45) is 0 Å². The van der Waals surface area contributed by atoms with E-state index in [1.165, 1.54) is 12.1 Å². The quantitative estimate of drug-likeness (QED) is 0.582. The monoisotopic (exact) mass is 344 g/mol. The summed E-state index contributed by atoms with van der Waals surface area (Å²) in [5, 5.41) is 13.5. The number of nitro benzene ring substituents is 1. The van der Waals surface area contributed by atoms with E-state index in [2.05, 4.69) is 5.32 Å². The van der Waals surface area contributed by atoms with Crippen LogP contribution in [0.2, 0.25) is 0 Å². The second-order valence-corrected chi connectivity index (χ2v) is 5.39. The minimum atomic E-state index is -0.507. The number of non-ortho nitro benzene ring substituents is 1. The number of rotatable bonds is 8. The summed E-state index contributed by atoms with van der Waals surface area (Å²) in [6, 6.07) is 11.4. The van der Waals surface area contributed by atoms with Crippen molar-refractivity contribution >= 4 is 17.3 Å². The van der Waals surface area contributed by atoms with Crippen LogP contribution in [-0.4, -0.2) is 24.0 Å². The second-order valence-electron chi connectivity index (χ2n) is 5.39. The molecule has 132 valence electrons. The molecule has 1 N–H and O–H groups in total. The third-order valence-corrected chi connectivity index (χ3v) is 3.38. The fourth-order valence-corrected chi connectivity index (χ4v) is 2.09. The summed E-state index contributed by atoms with van der Waals surface area (Å²) < 4.78 is 11.1. The molecular formula is C18H20N2O5. The first-order chi connectivity index (χ1) is 12.0. The van der Waals surface area contributed by atoms with Crippen LogP contribution < -0.4 is 14.8 Å². The Bertz CT molecular complexity index is 761. The van der Waals surface area contributed by atoms with Gasteiger partial charge in [-0.2, -0.15) is 0 Å². The fourth-order valence-electron chi connectivity index (χ4n) is 2.09. The lowest BCUT2D eigenvalue weighted by molar-refractivity contribution is -0.384. The number of aryl methyl sites for hydroxylation is 1. The van der Waals surface area contributed by atoms with E-state index >= 15 is 0 Å². The Balaban J connectivity index is 2.00. The first-order valence-electron chi connectivity index (χ1n) is 7.90. The van der Waals surface area contributed by atoms with Crippen molar-refractivity contribution in [2.45, 2.75) is 20.3 Å². The SMILES string of the molecule is CCCOc1ccccc1OCC(=O)Nc1cc([N+](=O)[O-])ccc1C. The molecule has 0 spiro atoms. The van der Waals surface area contributed by atoms with Gasteiger partial charge in [0, 0.05) is 12.1 Å². The molecule has 0 aromatic heterocycles. The zero-order chi connectivity index (χ0) is 18.2. The average molecular weight is 344 g/mol. The molecule has 0 aliphatic heterocycles. The van der Waals surface area contributed by atoms with Crippen molar-refractivity contribution in [3.05, 3.63) is 58.1 Å². The van der Waals surface area contributed by atoms with Gasteiger partial charge in [-0.3, -0.25) is 14.9 Å². The van der Waals surface area contributed by atoms with E-state index in [0.29, 0.717) is 23.8 Å². The van der Waals surface area contributed by atoms with Gasteiger partial charge in [-0.1, -0.05) is 25.1 Å². The normalized spacial score (nSPS) is 10.2. The molecule has 0 unspecified atom stereocenters. The van der Waals surface area contributed by atoms with Crippen LogP contribution in [0.25, 0.3) is 0 Å². The summed E-state index contributed by atoms with van der Waals surface area (Å²) in [7, 11) is 0. The van der Waals surface area contributed by atoms with E-state index in [-0.39, 0.29) is 12.3 Å². The average Bonchev–Trinajstić information content (AvgIpc) is 2.60. The summed E-state index contributed by atoms with van der Waals surface area (Å²) in [6.45, 7) is 4.08. The highest BCUT2D eigenvalue weighted by Crippen LogP contribution is 2.27. The predicted octanol–water partition coefficient (Wildman–Crippen LogP) is 3.71.